The van der Waals surface area contributed by atoms with E-state index in [9.17, 15) is 9.59 Å². The first-order chi connectivity index (χ1) is 5.70. The molecule has 0 N–H and O–H groups in total. The summed E-state index contributed by atoms with van der Waals surface area (Å²) in [6.07, 6.45) is 4.13. The normalized spacial score (nSPS) is 10.2. The molecule has 0 spiro atoms. The van der Waals surface area contributed by atoms with E-state index in [1.165, 1.54) is 6.08 Å². The van der Waals surface area contributed by atoms with Crippen LogP contribution in [0.4, 0.5) is 0 Å². The highest BCUT2D eigenvalue weighted by molar-refractivity contribution is 5.86. The molecular formula is C9H14O3. The third kappa shape index (κ3) is 5.65. The van der Waals surface area contributed by atoms with Crippen LogP contribution in [0.3, 0.4) is 0 Å². The van der Waals surface area contributed by atoms with Gasteiger partial charge in [0.15, 0.2) is 5.78 Å². The van der Waals surface area contributed by atoms with E-state index in [0.717, 1.165) is 6.42 Å². The van der Waals surface area contributed by atoms with Crippen LogP contribution >= 0.6 is 0 Å². The molecule has 0 fully saturated rings. The van der Waals surface area contributed by atoms with Crippen molar-refractivity contribution in [3.05, 3.63) is 12.2 Å². The molecule has 12 heavy (non-hydrogen) atoms. The maximum absolute atomic E-state index is 10.9. The molecule has 0 aromatic carbocycles. The number of allylic oxidation sites excluding steroid dienone is 1. The van der Waals surface area contributed by atoms with Crippen LogP contribution < -0.4 is 0 Å². The lowest BCUT2D eigenvalue weighted by Crippen LogP contribution is -2.11. The van der Waals surface area contributed by atoms with Crippen LogP contribution in [-0.4, -0.2) is 18.4 Å². The number of carbonyl (C=O) groups excluding carboxylic acids is 2. The minimum absolute atomic E-state index is 0.0321. The Labute approximate surface area is 72.4 Å². The molecule has 3 heteroatoms. The van der Waals surface area contributed by atoms with Gasteiger partial charge in [0.25, 0.3) is 0 Å². The molecule has 0 heterocycles. The molecule has 3 nitrogen and oxygen atoms in total. The van der Waals surface area contributed by atoms with Crippen molar-refractivity contribution in [1.82, 2.24) is 0 Å². The average Bonchev–Trinajstić information content (AvgIpc) is 2.02. The molecule has 68 valence electrons. The Morgan fingerprint density at radius 2 is 2.08 bits per heavy atom. The number of ether oxygens (including phenoxy) is 1. The minimum Gasteiger partial charge on any atom is -0.455 e. The van der Waals surface area contributed by atoms with E-state index in [4.69, 9.17) is 0 Å². The summed E-state index contributed by atoms with van der Waals surface area (Å²) < 4.78 is 4.62. The van der Waals surface area contributed by atoms with Gasteiger partial charge in [0, 0.05) is 12.5 Å². The largest absolute Gasteiger partial charge is 0.455 e. The zero-order valence-electron chi connectivity index (χ0n) is 7.50. The van der Waals surface area contributed by atoms with Gasteiger partial charge in [-0.2, -0.15) is 0 Å². The first kappa shape index (κ1) is 10.9. The van der Waals surface area contributed by atoms with Crippen molar-refractivity contribution in [3.8, 4) is 0 Å². The molecule has 0 radical (unpaired) electrons. The van der Waals surface area contributed by atoms with Gasteiger partial charge in [-0.1, -0.05) is 13.0 Å². The molecule has 0 aliphatic heterocycles. The van der Waals surface area contributed by atoms with Crippen molar-refractivity contribution >= 4 is 11.8 Å². The number of Topliss-reactive ketones (excluding diaryl/α,β-unsaturated/α-hetero) is 1. The van der Waals surface area contributed by atoms with Gasteiger partial charge < -0.3 is 4.74 Å². The highest BCUT2D eigenvalue weighted by Crippen LogP contribution is 1.90. The molecule has 0 aliphatic carbocycles. The maximum Gasteiger partial charge on any atom is 0.330 e. The van der Waals surface area contributed by atoms with Crippen LogP contribution in [0.25, 0.3) is 0 Å². The number of carbonyl (C=O) groups is 2. The lowest BCUT2D eigenvalue weighted by molar-refractivity contribution is -0.143. The van der Waals surface area contributed by atoms with Gasteiger partial charge in [-0.25, -0.2) is 4.79 Å². The minimum atomic E-state index is -0.457. The standard InChI is InChI=1S/C9H14O3/c1-3-5-8(10)7-12-9(11)6-4-2/h4,6H,3,5,7H2,1-2H3/b6-4+. The highest BCUT2D eigenvalue weighted by Gasteiger charge is 2.02. The van der Waals surface area contributed by atoms with Gasteiger partial charge in [-0.3, -0.25) is 4.79 Å². The van der Waals surface area contributed by atoms with Gasteiger partial charge in [0.2, 0.25) is 0 Å². The molecule has 0 saturated carbocycles. The maximum atomic E-state index is 10.9. The fourth-order valence-corrected chi connectivity index (χ4v) is 0.687. The SMILES string of the molecule is C/C=C/C(=O)OCC(=O)CCC. The molecule has 0 aromatic rings. The quantitative estimate of drug-likeness (QED) is 0.463. The van der Waals surface area contributed by atoms with Crippen molar-refractivity contribution in [2.24, 2.45) is 0 Å². The van der Waals surface area contributed by atoms with Crippen molar-refractivity contribution in [2.45, 2.75) is 26.7 Å². The number of rotatable bonds is 5. The Bertz CT molecular complexity index is 182. The molecule has 0 aliphatic rings. The fourth-order valence-electron chi connectivity index (χ4n) is 0.687. The summed E-state index contributed by atoms with van der Waals surface area (Å²) in [5.74, 6) is -0.489. The summed E-state index contributed by atoms with van der Waals surface area (Å²) in [5, 5.41) is 0. The van der Waals surface area contributed by atoms with Gasteiger partial charge in [0.1, 0.15) is 6.61 Å². The summed E-state index contributed by atoms with van der Waals surface area (Å²) in [5.41, 5.74) is 0. The second-order valence-electron chi connectivity index (χ2n) is 2.40. The van der Waals surface area contributed by atoms with Crippen LogP contribution in [-0.2, 0) is 14.3 Å². The molecule has 0 atom stereocenters. The van der Waals surface area contributed by atoms with Gasteiger partial charge >= 0.3 is 5.97 Å². The zero-order valence-corrected chi connectivity index (χ0v) is 7.50. The average molecular weight is 170 g/mol. The summed E-state index contributed by atoms with van der Waals surface area (Å²) in [6, 6.07) is 0. The molecular weight excluding hydrogens is 156 g/mol. The monoisotopic (exact) mass is 170 g/mol. The van der Waals surface area contributed by atoms with Gasteiger partial charge in [-0.15, -0.1) is 0 Å². The number of hydrogen-bond donors (Lipinski definition) is 0. The molecule has 0 bridgehead atoms. The van der Waals surface area contributed by atoms with Crippen molar-refractivity contribution < 1.29 is 14.3 Å². The van der Waals surface area contributed by atoms with Crippen molar-refractivity contribution in [3.63, 3.8) is 0 Å². The lowest BCUT2D eigenvalue weighted by atomic mass is 10.2. The summed E-state index contributed by atoms with van der Waals surface area (Å²) >= 11 is 0. The molecule has 0 saturated heterocycles. The second kappa shape index (κ2) is 6.58. The zero-order chi connectivity index (χ0) is 9.40. The topological polar surface area (TPSA) is 43.4 Å². The van der Waals surface area contributed by atoms with Crippen LogP contribution in [0.5, 0.6) is 0 Å². The second-order valence-corrected chi connectivity index (χ2v) is 2.40. The van der Waals surface area contributed by atoms with Crippen LogP contribution in [0.1, 0.15) is 26.7 Å². The fraction of sp³-hybridized carbons (Fsp3) is 0.556. The third-order valence-corrected chi connectivity index (χ3v) is 1.21. The Kier molecular flexibility index (Phi) is 5.97. The molecule has 0 amide bonds. The first-order valence-corrected chi connectivity index (χ1v) is 4.01. The van der Waals surface area contributed by atoms with Crippen LogP contribution in [0, 0.1) is 0 Å². The van der Waals surface area contributed by atoms with E-state index >= 15 is 0 Å². The number of hydrogen-bond acceptors (Lipinski definition) is 3. The first-order valence-electron chi connectivity index (χ1n) is 4.01. The number of esters is 1. The summed E-state index contributed by atoms with van der Waals surface area (Å²) in [6.45, 7) is 3.53. The molecule has 0 unspecified atom stereocenters. The van der Waals surface area contributed by atoms with Gasteiger partial charge in [0.05, 0.1) is 0 Å². The Hall–Kier alpha value is -1.12. The molecule has 0 aromatic heterocycles. The van der Waals surface area contributed by atoms with E-state index in [-0.39, 0.29) is 12.4 Å². The van der Waals surface area contributed by atoms with E-state index < -0.39 is 5.97 Å². The smallest absolute Gasteiger partial charge is 0.330 e. The Balaban J connectivity index is 3.54. The Morgan fingerprint density at radius 1 is 1.42 bits per heavy atom. The van der Waals surface area contributed by atoms with E-state index in [1.54, 1.807) is 13.0 Å². The summed E-state index contributed by atoms with van der Waals surface area (Å²) in [7, 11) is 0. The summed E-state index contributed by atoms with van der Waals surface area (Å²) in [4.78, 5) is 21.5. The lowest BCUT2D eigenvalue weighted by Gasteiger charge is -1.98. The van der Waals surface area contributed by atoms with E-state index in [0.29, 0.717) is 6.42 Å². The van der Waals surface area contributed by atoms with Crippen LogP contribution in [0.2, 0.25) is 0 Å². The van der Waals surface area contributed by atoms with Crippen molar-refractivity contribution in [2.75, 3.05) is 6.61 Å². The van der Waals surface area contributed by atoms with Crippen molar-refractivity contribution in [1.29, 1.82) is 0 Å². The van der Waals surface area contributed by atoms with Crippen LogP contribution in [0.15, 0.2) is 12.2 Å². The number of ketones is 1. The predicted molar refractivity (Wildman–Crippen MR) is 45.7 cm³/mol. The highest BCUT2D eigenvalue weighted by atomic mass is 16.5. The van der Waals surface area contributed by atoms with E-state index in [1.807, 2.05) is 6.92 Å². The Morgan fingerprint density at radius 3 is 2.58 bits per heavy atom. The predicted octanol–water partition coefficient (Wildman–Crippen LogP) is 1.47. The van der Waals surface area contributed by atoms with Gasteiger partial charge in [-0.05, 0) is 13.3 Å². The third-order valence-electron chi connectivity index (χ3n) is 1.21. The molecule has 0 rings (SSSR count). The van der Waals surface area contributed by atoms with E-state index in [2.05, 4.69) is 4.74 Å².